The van der Waals surface area contributed by atoms with E-state index in [1.165, 1.54) is 31.3 Å². The van der Waals surface area contributed by atoms with Crippen LogP contribution < -0.4 is 4.74 Å². The Bertz CT molecular complexity index is 1330. The smallest absolute Gasteiger partial charge is 0.416 e. The molecule has 0 fully saturated rings. The van der Waals surface area contributed by atoms with E-state index in [1.54, 1.807) is 37.3 Å². The first kappa shape index (κ1) is 30.1. The first-order valence-electron chi connectivity index (χ1n) is 11.8. The number of hydrogen-bond donors (Lipinski definition) is 0. The predicted octanol–water partition coefficient (Wildman–Crippen LogP) is 7.56. The topological polar surface area (TPSA) is 65.1 Å². The second kappa shape index (κ2) is 13.1. The van der Waals surface area contributed by atoms with Crippen LogP contribution in [0.15, 0.2) is 54.6 Å². The van der Waals surface area contributed by atoms with E-state index in [2.05, 4.69) is 0 Å². The molecule has 1 amide bonds. The van der Waals surface area contributed by atoms with Gasteiger partial charge in [0.25, 0.3) is 0 Å². The monoisotopic (exact) mass is 583 g/mol. The molecule has 0 aliphatic rings. The van der Waals surface area contributed by atoms with E-state index < -0.39 is 23.8 Å². The van der Waals surface area contributed by atoms with Gasteiger partial charge in [0.05, 0.1) is 26.2 Å². The van der Waals surface area contributed by atoms with Crippen LogP contribution in [-0.4, -0.2) is 37.7 Å². The Kier molecular flexibility index (Phi) is 10.1. The van der Waals surface area contributed by atoms with Gasteiger partial charge in [0.2, 0.25) is 0 Å². The molecule has 11 heteroatoms. The van der Waals surface area contributed by atoms with Crippen molar-refractivity contribution >= 4 is 35.3 Å². The minimum Gasteiger partial charge on any atom is -0.496 e. The maximum atomic E-state index is 13.6. The van der Waals surface area contributed by atoms with Crippen molar-refractivity contribution in [3.05, 3.63) is 86.9 Å². The van der Waals surface area contributed by atoms with Crippen LogP contribution in [0.2, 0.25) is 10.0 Å². The van der Waals surface area contributed by atoms with E-state index in [1.807, 2.05) is 0 Å². The molecule has 0 heterocycles. The highest BCUT2D eigenvalue weighted by Crippen LogP contribution is 2.38. The fourth-order valence-electron chi connectivity index (χ4n) is 3.92. The van der Waals surface area contributed by atoms with E-state index in [4.69, 9.17) is 37.4 Å². The van der Waals surface area contributed by atoms with Crippen LogP contribution in [0.3, 0.4) is 0 Å². The number of alkyl halides is 3. The van der Waals surface area contributed by atoms with Gasteiger partial charge in [0.15, 0.2) is 0 Å². The molecule has 0 radical (unpaired) electrons. The standard InChI is InChI=1S/C28H26Cl2F3NO5/c1-4-34(27(36)39-16-18-9-21(29)14-22(30)10-18)15-19-13-20(28(31,32)33)6-7-23(19)24-11-17(12-26(35)38-3)5-8-25(24)37-2/h5-11,13-14H,4,12,15-16H2,1-3H3. The Morgan fingerprint density at radius 3 is 2.18 bits per heavy atom. The van der Waals surface area contributed by atoms with Crippen molar-refractivity contribution in [2.24, 2.45) is 0 Å². The number of esters is 1. The molecule has 3 aromatic rings. The lowest BCUT2D eigenvalue weighted by Crippen LogP contribution is -2.31. The number of carbonyl (C=O) groups is 2. The molecule has 0 bridgehead atoms. The molecule has 0 atom stereocenters. The highest BCUT2D eigenvalue weighted by atomic mass is 35.5. The van der Waals surface area contributed by atoms with Gasteiger partial charge in [-0.25, -0.2) is 4.79 Å². The van der Waals surface area contributed by atoms with Gasteiger partial charge in [-0.2, -0.15) is 13.2 Å². The van der Waals surface area contributed by atoms with Crippen molar-refractivity contribution in [3.8, 4) is 16.9 Å². The summed E-state index contributed by atoms with van der Waals surface area (Å²) in [4.78, 5) is 26.0. The molecule has 3 rings (SSSR count). The van der Waals surface area contributed by atoms with Crippen molar-refractivity contribution in [2.45, 2.75) is 32.7 Å². The minimum absolute atomic E-state index is 0.0373. The molecule has 208 valence electrons. The highest BCUT2D eigenvalue weighted by Gasteiger charge is 2.32. The Hall–Kier alpha value is -3.43. The van der Waals surface area contributed by atoms with Gasteiger partial charge in [-0.3, -0.25) is 4.79 Å². The van der Waals surface area contributed by atoms with Crippen LogP contribution in [0, 0.1) is 0 Å². The number of amides is 1. The largest absolute Gasteiger partial charge is 0.496 e. The van der Waals surface area contributed by atoms with Crippen LogP contribution in [-0.2, 0) is 40.0 Å². The lowest BCUT2D eigenvalue weighted by atomic mass is 9.94. The number of benzene rings is 3. The first-order chi connectivity index (χ1) is 18.4. The normalized spacial score (nSPS) is 11.2. The number of methoxy groups -OCH3 is 2. The lowest BCUT2D eigenvalue weighted by molar-refractivity contribution is -0.140. The molecule has 0 saturated carbocycles. The molecule has 0 unspecified atom stereocenters. The van der Waals surface area contributed by atoms with Gasteiger partial charge >= 0.3 is 18.2 Å². The zero-order chi connectivity index (χ0) is 28.7. The second-order valence-electron chi connectivity index (χ2n) is 8.50. The molecule has 0 spiro atoms. The average Bonchev–Trinajstić information content (AvgIpc) is 2.89. The number of rotatable bonds is 9. The van der Waals surface area contributed by atoms with Crippen molar-refractivity contribution in [2.75, 3.05) is 20.8 Å². The maximum absolute atomic E-state index is 13.6. The van der Waals surface area contributed by atoms with E-state index in [9.17, 15) is 22.8 Å². The first-order valence-corrected chi connectivity index (χ1v) is 12.5. The number of nitrogens with zero attached hydrogens (tertiary/aromatic N) is 1. The summed E-state index contributed by atoms with van der Waals surface area (Å²) >= 11 is 12.0. The fourth-order valence-corrected chi connectivity index (χ4v) is 4.49. The predicted molar refractivity (Wildman–Crippen MR) is 142 cm³/mol. The van der Waals surface area contributed by atoms with Crippen LogP contribution in [0.25, 0.3) is 11.1 Å². The van der Waals surface area contributed by atoms with Gasteiger partial charge < -0.3 is 19.1 Å². The zero-order valence-electron chi connectivity index (χ0n) is 21.4. The molecular weight excluding hydrogens is 558 g/mol. The van der Waals surface area contributed by atoms with Crippen LogP contribution in [0.1, 0.15) is 29.2 Å². The quantitative estimate of drug-likeness (QED) is 0.243. The molecule has 0 aliphatic carbocycles. The minimum atomic E-state index is -4.60. The van der Waals surface area contributed by atoms with E-state index in [0.717, 1.165) is 12.1 Å². The lowest BCUT2D eigenvalue weighted by Gasteiger charge is -2.23. The summed E-state index contributed by atoms with van der Waals surface area (Å²) in [5.41, 5.74) is 1.34. The summed E-state index contributed by atoms with van der Waals surface area (Å²) in [7, 11) is 2.69. The molecule has 0 saturated heterocycles. The third kappa shape index (κ3) is 8.03. The molecule has 39 heavy (non-hydrogen) atoms. The average molecular weight is 584 g/mol. The molecule has 3 aromatic carbocycles. The third-order valence-corrected chi connectivity index (χ3v) is 6.28. The molecule has 0 N–H and O–H groups in total. The Morgan fingerprint density at radius 1 is 0.897 bits per heavy atom. The Morgan fingerprint density at radius 2 is 1.59 bits per heavy atom. The highest BCUT2D eigenvalue weighted by molar-refractivity contribution is 6.34. The third-order valence-electron chi connectivity index (χ3n) is 5.85. The van der Waals surface area contributed by atoms with Gasteiger partial charge in [0.1, 0.15) is 12.4 Å². The summed E-state index contributed by atoms with van der Waals surface area (Å²) in [5.74, 6) is -0.0901. The van der Waals surface area contributed by atoms with E-state index >= 15 is 0 Å². The Balaban J connectivity index is 1.98. The van der Waals surface area contributed by atoms with Crippen LogP contribution >= 0.6 is 23.2 Å². The van der Waals surface area contributed by atoms with Gasteiger partial charge in [0, 0.05) is 28.7 Å². The van der Waals surface area contributed by atoms with Gasteiger partial charge in [-0.05, 0) is 71.6 Å². The number of ether oxygens (including phenoxy) is 3. The van der Waals surface area contributed by atoms with Gasteiger partial charge in [-0.1, -0.05) is 35.3 Å². The second-order valence-corrected chi connectivity index (χ2v) is 9.38. The maximum Gasteiger partial charge on any atom is 0.416 e. The summed E-state index contributed by atoms with van der Waals surface area (Å²) in [5, 5.41) is 0.746. The number of carbonyl (C=O) groups excluding carboxylic acids is 2. The summed E-state index contributed by atoms with van der Waals surface area (Å²) in [6, 6.07) is 12.9. The molecular formula is C28H26Cl2F3NO5. The number of halogens is 5. The summed E-state index contributed by atoms with van der Waals surface area (Å²) < 4.78 is 56.5. The van der Waals surface area contributed by atoms with E-state index in [0.29, 0.717) is 38.0 Å². The van der Waals surface area contributed by atoms with Gasteiger partial charge in [-0.15, -0.1) is 0 Å². The number of hydrogen-bond acceptors (Lipinski definition) is 5. The summed E-state index contributed by atoms with van der Waals surface area (Å²) in [6.45, 7) is 1.52. The van der Waals surface area contributed by atoms with Crippen molar-refractivity contribution in [1.29, 1.82) is 0 Å². The van der Waals surface area contributed by atoms with Crippen LogP contribution in [0.5, 0.6) is 5.75 Å². The molecule has 0 aliphatic heterocycles. The SMILES string of the molecule is CCN(Cc1cc(C(F)(F)F)ccc1-c1cc(CC(=O)OC)ccc1OC)C(=O)OCc1cc(Cl)cc(Cl)c1. The Labute approximate surface area is 234 Å². The fraction of sp³-hybridized carbons (Fsp3) is 0.286. The zero-order valence-corrected chi connectivity index (χ0v) is 22.9. The molecule has 0 aromatic heterocycles. The van der Waals surface area contributed by atoms with Crippen molar-refractivity contribution < 1.29 is 37.0 Å². The van der Waals surface area contributed by atoms with Crippen molar-refractivity contribution in [3.63, 3.8) is 0 Å². The summed E-state index contributed by atoms with van der Waals surface area (Å²) in [6.07, 6.45) is -5.37. The van der Waals surface area contributed by atoms with Crippen LogP contribution in [0.4, 0.5) is 18.0 Å². The van der Waals surface area contributed by atoms with Crippen molar-refractivity contribution in [1.82, 2.24) is 4.90 Å². The van der Waals surface area contributed by atoms with E-state index in [-0.39, 0.29) is 31.7 Å². The molecule has 6 nitrogen and oxygen atoms in total.